The Morgan fingerprint density at radius 3 is 2.75 bits per heavy atom. The molecule has 4 N–H and O–H groups in total. The van der Waals surface area contributed by atoms with Crippen LogP contribution < -0.4 is 11.5 Å². The normalized spacial score (nSPS) is 12.4. The smallest absolute Gasteiger partial charge is 0.234 e. The molecule has 0 heterocycles. The van der Waals surface area contributed by atoms with E-state index < -0.39 is 11.9 Å². The summed E-state index contributed by atoms with van der Waals surface area (Å²) in [6.07, 6.45) is 0.517. The fourth-order valence-electron chi connectivity index (χ4n) is 1.03. The molecule has 1 amide bonds. The zero-order chi connectivity index (χ0) is 12.1. The summed E-state index contributed by atoms with van der Waals surface area (Å²) in [6.45, 7) is 0. The fraction of sp³-hybridized carbons (Fsp3) is 0.300. The maximum absolute atomic E-state index is 10.7. The number of hydrogen-bond acceptors (Lipinski definition) is 3. The maximum atomic E-state index is 10.7. The van der Waals surface area contributed by atoms with E-state index >= 15 is 0 Å². The van der Waals surface area contributed by atoms with Gasteiger partial charge in [0, 0.05) is 15.7 Å². The van der Waals surface area contributed by atoms with Gasteiger partial charge in [-0.1, -0.05) is 23.2 Å². The lowest BCUT2D eigenvalue weighted by atomic mass is 10.2. The van der Waals surface area contributed by atoms with Crippen molar-refractivity contribution >= 4 is 40.9 Å². The lowest BCUT2D eigenvalue weighted by Gasteiger charge is -2.07. The molecule has 1 unspecified atom stereocenters. The number of hydrogen-bond donors (Lipinski definition) is 2. The number of primary amides is 1. The van der Waals surface area contributed by atoms with Gasteiger partial charge in [-0.15, -0.1) is 11.8 Å². The van der Waals surface area contributed by atoms with Crippen molar-refractivity contribution < 1.29 is 4.79 Å². The Morgan fingerprint density at radius 1 is 1.44 bits per heavy atom. The van der Waals surface area contributed by atoms with Crippen LogP contribution in [0, 0.1) is 0 Å². The summed E-state index contributed by atoms with van der Waals surface area (Å²) in [5.74, 6) is 0.183. The number of thioether (sulfide) groups is 1. The van der Waals surface area contributed by atoms with Crippen LogP contribution in [-0.2, 0) is 4.79 Å². The number of nitrogens with two attached hydrogens (primary N) is 2. The molecule has 0 aliphatic rings. The Bertz CT molecular complexity index is 387. The number of amides is 1. The van der Waals surface area contributed by atoms with Crippen LogP contribution in [0.4, 0.5) is 0 Å². The number of carbonyl (C=O) groups is 1. The van der Waals surface area contributed by atoms with Gasteiger partial charge in [-0.25, -0.2) is 0 Å². The van der Waals surface area contributed by atoms with Crippen molar-refractivity contribution in [3.63, 3.8) is 0 Å². The van der Waals surface area contributed by atoms with Gasteiger partial charge in [-0.05, 0) is 24.6 Å². The molecule has 3 nitrogen and oxygen atoms in total. The predicted molar refractivity (Wildman–Crippen MR) is 69.0 cm³/mol. The molecule has 88 valence electrons. The molecule has 1 aromatic rings. The molecule has 1 rings (SSSR count). The summed E-state index contributed by atoms with van der Waals surface area (Å²) in [5.41, 5.74) is 10.6. The minimum absolute atomic E-state index is 0.488. The summed E-state index contributed by atoms with van der Waals surface area (Å²) in [4.78, 5) is 11.6. The second-order valence-electron chi connectivity index (χ2n) is 3.22. The summed E-state index contributed by atoms with van der Waals surface area (Å²) in [7, 11) is 0. The van der Waals surface area contributed by atoms with Crippen LogP contribution in [0.3, 0.4) is 0 Å². The van der Waals surface area contributed by atoms with E-state index in [-0.39, 0.29) is 0 Å². The molecule has 0 saturated heterocycles. The third-order valence-electron chi connectivity index (χ3n) is 1.95. The molecule has 0 spiro atoms. The zero-order valence-electron chi connectivity index (χ0n) is 8.45. The topological polar surface area (TPSA) is 69.1 Å². The first kappa shape index (κ1) is 13.6. The van der Waals surface area contributed by atoms with E-state index in [1.807, 2.05) is 0 Å². The molecule has 1 aromatic carbocycles. The highest BCUT2D eigenvalue weighted by molar-refractivity contribution is 7.99. The first-order valence-electron chi connectivity index (χ1n) is 4.63. The van der Waals surface area contributed by atoms with E-state index in [9.17, 15) is 4.79 Å². The van der Waals surface area contributed by atoms with Gasteiger partial charge in [0.1, 0.15) is 0 Å². The summed E-state index contributed by atoms with van der Waals surface area (Å²) in [6, 6.07) is 4.64. The minimum atomic E-state index is -0.606. The quantitative estimate of drug-likeness (QED) is 0.812. The van der Waals surface area contributed by atoms with Crippen molar-refractivity contribution in [2.24, 2.45) is 11.5 Å². The van der Waals surface area contributed by atoms with E-state index in [0.717, 1.165) is 4.90 Å². The lowest BCUT2D eigenvalue weighted by molar-refractivity contribution is -0.119. The molecule has 16 heavy (non-hydrogen) atoms. The average molecular weight is 279 g/mol. The van der Waals surface area contributed by atoms with Gasteiger partial charge < -0.3 is 11.5 Å². The van der Waals surface area contributed by atoms with Crippen LogP contribution >= 0.6 is 35.0 Å². The summed E-state index contributed by atoms with van der Waals surface area (Å²) >= 11 is 13.3. The van der Waals surface area contributed by atoms with Crippen LogP contribution in [0.25, 0.3) is 0 Å². The SMILES string of the molecule is NC(=O)C(N)CCSc1cc(Cl)ccc1Cl. The molecule has 1 atom stereocenters. The molecular formula is C10H12Cl2N2OS. The Balaban J connectivity index is 2.48. The van der Waals surface area contributed by atoms with Gasteiger partial charge >= 0.3 is 0 Å². The van der Waals surface area contributed by atoms with Crippen molar-refractivity contribution in [1.82, 2.24) is 0 Å². The van der Waals surface area contributed by atoms with Crippen LogP contribution in [0.5, 0.6) is 0 Å². The van der Waals surface area contributed by atoms with Crippen molar-refractivity contribution in [2.45, 2.75) is 17.4 Å². The van der Waals surface area contributed by atoms with Crippen LogP contribution in [0.1, 0.15) is 6.42 Å². The molecule has 0 aliphatic heterocycles. The Kier molecular flexibility index (Phi) is 5.41. The van der Waals surface area contributed by atoms with Gasteiger partial charge in [0.05, 0.1) is 11.1 Å². The number of benzene rings is 1. The lowest BCUT2D eigenvalue weighted by Crippen LogP contribution is -2.36. The fourth-order valence-corrected chi connectivity index (χ4v) is 2.55. The molecule has 0 aliphatic carbocycles. The second-order valence-corrected chi connectivity index (χ2v) is 5.20. The van der Waals surface area contributed by atoms with Crippen molar-refractivity contribution in [3.05, 3.63) is 28.2 Å². The molecule has 0 saturated carbocycles. The van der Waals surface area contributed by atoms with E-state index in [1.165, 1.54) is 11.8 Å². The predicted octanol–water partition coefficient (Wildman–Crippen LogP) is 2.29. The molecular weight excluding hydrogens is 267 g/mol. The van der Waals surface area contributed by atoms with E-state index in [4.69, 9.17) is 34.7 Å². The highest BCUT2D eigenvalue weighted by Crippen LogP contribution is 2.30. The van der Waals surface area contributed by atoms with Gasteiger partial charge in [-0.3, -0.25) is 4.79 Å². The largest absolute Gasteiger partial charge is 0.368 e. The van der Waals surface area contributed by atoms with Crippen LogP contribution in [0.15, 0.2) is 23.1 Å². The average Bonchev–Trinajstić information content (AvgIpc) is 2.22. The third-order valence-corrected chi connectivity index (χ3v) is 3.71. The van der Waals surface area contributed by atoms with Gasteiger partial charge in [0.2, 0.25) is 5.91 Å². The molecule has 0 aromatic heterocycles. The zero-order valence-corrected chi connectivity index (χ0v) is 10.8. The Labute approximate surface area is 108 Å². The number of halogens is 2. The monoisotopic (exact) mass is 278 g/mol. The Morgan fingerprint density at radius 2 is 2.12 bits per heavy atom. The van der Waals surface area contributed by atoms with Gasteiger partial charge in [0.25, 0.3) is 0 Å². The molecule has 0 radical (unpaired) electrons. The first-order valence-corrected chi connectivity index (χ1v) is 6.37. The highest BCUT2D eigenvalue weighted by Gasteiger charge is 2.09. The minimum Gasteiger partial charge on any atom is -0.368 e. The van der Waals surface area contributed by atoms with Crippen molar-refractivity contribution in [1.29, 1.82) is 0 Å². The number of carbonyl (C=O) groups excluding carboxylic acids is 1. The second kappa shape index (κ2) is 6.35. The van der Waals surface area contributed by atoms with Crippen LogP contribution in [-0.4, -0.2) is 17.7 Å². The molecule has 0 bridgehead atoms. The molecule has 6 heteroatoms. The maximum Gasteiger partial charge on any atom is 0.234 e. The number of rotatable bonds is 5. The van der Waals surface area contributed by atoms with E-state index in [2.05, 4.69) is 0 Å². The standard InChI is InChI=1S/C10H12Cl2N2OS/c11-6-1-2-7(12)9(5-6)16-4-3-8(13)10(14)15/h1-2,5,8H,3-4,13H2,(H2,14,15). The van der Waals surface area contributed by atoms with Crippen LogP contribution in [0.2, 0.25) is 10.0 Å². The van der Waals surface area contributed by atoms with Gasteiger partial charge in [-0.2, -0.15) is 0 Å². The molecule has 0 fully saturated rings. The highest BCUT2D eigenvalue weighted by atomic mass is 35.5. The van der Waals surface area contributed by atoms with Gasteiger partial charge in [0.15, 0.2) is 0 Å². The van der Waals surface area contributed by atoms with E-state index in [0.29, 0.717) is 22.2 Å². The third kappa shape index (κ3) is 4.22. The van der Waals surface area contributed by atoms with Crippen molar-refractivity contribution in [2.75, 3.05) is 5.75 Å². The van der Waals surface area contributed by atoms with Crippen molar-refractivity contribution in [3.8, 4) is 0 Å². The summed E-state index contributed by atoms with van der Waals surface area (Å²) < 4.78 is 0. The first-order chi connectivity index (χ1) is 7.50. The Hall–Kier alpha value is -0.420. The summed E-state index contributed by atoms with van der Waals surface area (Å²) in [5, 5.41) is 1.27. The van der Waals surface area contributed by atoms with E-state index in [1.54, 1.807) is 18.2 Å².